The van der Waals surface area contributed by atoms with Gasteiger partial charge in [-0.25, -0.2) is 0 Å². The molecule has 0 amide bonds. The van der Waals surface area contributed by atoms with Crippen molar-refractivity contribution in [1.82, 2.24) is 5.32 Å². The first-order chi connectivity index (χ1) is 8.00. The molecule has 1 N–H and O–H groups in total. The number of esters is 1. The molecule has 3 nitrogen and oxygen atoms in total. The van der Waals surface area contributed by atoms with Crippen LogP contribution in [0.5, 0.6) is 0 Å². The van der Waals surface area contributed by atoms with E-state index in [4.69, 9.17) is 4.74 Å². The zero-order valence-corrected chi connectivity index (χ0v) is 11.7. The summed E-state index contributed by atoms with van der Waals surface area (Å²) in [6, 6.07) is 0. The van der Waals surface area contributed by atoms with Crippen molar-refractivity contribution < 1.29 is 9.53 Å². The van der Waals surface area contributed by atoms with Crippen LogP contribution in [-0.4, -0.2) is 19.7 Å². The third-order valence-electron chi connectivity index (χ3n) is 3.67. The highest BCUT2D eigenvalue weighted by atomic mass is 16.5. The molecule has 2 atom stereocenters. The number of carbonyl (C=O) groups excluding carboxylic acids is 1. The minimum Gasteiger partial charge on any atom is -0.449 e. The molecule has 2 unspecified atom stereocenters. The Kier molecular flexibility index (Phi) is 5.44. The highest BCUT2D eigenvalue weighted by Crippen LogP contribution is 2.44. The minimum atomic E-state index is -0.220. The Morgan fingerprint density at radius 2 is 2.24 bits per heavy atom. The van der Waals surface area contributed by atoms with Crippen LogP contribution >= 0.6 is 0 Å². The molecule has 0 saturated heterocycles. The van der Waals surface area contributed by atoms with E-state index in [9.17, 15) is 4.79 Å². The lowest BCUT2D eigenvalue weighted by atomic mass is 9.66. The van der Waals surface area contributed by atoms with Crippen molar-refractivity contribution in [3.05, 3.63) is 0 Å². The smallest absolute Gasteiger partial charge is 0.313 e. The van der Waals surface area contributed by atoms with Crippen LogP contribution in [0.2, 0.25) is 0 Å². The largest absolute Gasteiger partial charge is 0.449 e. The zero-order chi connectivity index (χ0) is 12.9. The highest BCUT2D eigenvalue weighted by Gasteiger charge is 2.43. The quantitative estimate of drug-likeness (QED) is 0.594. The molecule has 17 heavy (non-hydrogen) atoms. The van der Waals surface area contributed by atoms with Crippen molar-refractivity contribution in [3.63, 3.8) is 0 Å². The monoisotopic (exact) mass is 241 g/mol. The fourth-order valence-corrected chi connectivity index (χ4v) is 3.19. The van der Waals surface area contributed by atoms with Gasteiger partial charge in [0.2, 0.25) is 0 Å². The second-order valence-corrected chi connectivity index (χ2v) is 6.01. The van der Waals surface area contributed by atoms with Crippen LogP contribution in [0.15, 0.2) is 0 Å². The number of ether oxygens (including phenoxy) is 1. The first kappa shape index (κ1) is 14.5. The summed E-state index contributed by atoms with van der Waals surface area (Å²) in [7, 11) is 1.80. The fraction of sp³-hybridized carbons (Fsp3) is 0.929. The maximum absolute atomic E-state index is 12.3. The summed E-state index contributed by atoms with van der Waals surface area (Å²) in [5, 5.41) is 2.88. The molecule has 0 aromatic heterocycles. The Balaban J connectivity index is 2.73. The van der Waals surface area contributed by atoms with E-state index in [1.807, 2.05) is 0 Å². The molecule has 1 rings (SSSR count). The molecule has 0 bridgehead atoms. The van der Waals surface area contributed by atoms with Crippen molar-refractivity contribution in [2.24, 2.45) is 17.3 Å². The molecule has 1 saturated carbocycles. The van der Waals surface area contributed by atoms with Gasteiger partial charge in [0.05, 0.1) is 5.41 Å². The third kappa shape index (κ3) is 3.98. The van der Waals surface area contributed by atoms with E-state index in [1.165, 1.54) is 6.42 Å². The maximum atomic E-state index is 12.3. The molecular weight excluding hydrogens is 214 g/mol. The van der Waals surface area contributed by atoms with Crippen molar-refractivity contribution in [2.45, 2.75) is 52.9 Å². The maximum Gasteiger partial charge on any atom is 0.313 e. The summed E-state index contributed by atoms with van der Waals surface area (Å²) in [4.78, 5) is 12.3. The van der Waals surface area contributed by atoms with E-state index in [1.54, 1.807) is 7.05 Å². The Labute approximate surface area is 105 Å². The zero-order valence-electron chi connectivity index (χ0n) is 11.7. The lowest BCUT2D eigenvalue weighted by Crippen LogP contribution is -2.39. The summed E-state index contributed by atoms with van der Waals surface area (Å²) in [5.41, 5.74) is -0.220. The van der Waals surface area contributed by atoms with E-state index < -0.39 is 0 Å². The Bertz CT molecular complexity index is 249. The van der Waals surface area contributed by atoms with Crippen LogP contribution in [0.3, 0.4) is 0 Å². The van der Waals surface area contributed by atoms with Gasteiger partial charge in [-0.3, -0.25) is 10.1 Å². The number of hydrogen-bond donors (Lipinski definition) is 1. The van der Waals surface area contributed by atoms with Gasteiger partial charge in [0.25, 0.3) is 0 Å². The van der Waals surface area contributed by atoms with Crippen LogP contribution < -0.4 is 5.32 Å². The molecule has 0 radical (unpaired) electrons. The van der Waals surface area contributed by atoms with Crippen molar-refractivity contribution >= 4 is 5.97 Å². The Hall–Kier alpha value is -0.570. The summed E-state index contributed by atoms with van der Waals surface area (Å²) < 4.78 is 5.33. The van der Waals surface area contributed by atoms with Crippen molar-refractivity contribution in [2.75, 3.05) is 13.8 Å². The summed E-state index contributed by atoms with van der Waals surface area (Å²) in [5.74, 6) is 1.19. The number of rotatable bonds is 5. The molecule has 1 fully saturated rings. The van der Waals surface area contributed by atoms with Crippen molar-refractivity contribution in [1.29, 1.82) is 0 Å². The first-order valence-electron chi connectivity index (χ1n) is 6.82. The fourth-order valence-electron chi connectivity index (χ4n) is 3.19. The Morgan fingerprint density at radius 1 is 1.53 bits per heavy atom. The van der Waals surface area contributed by atoms with E-state index >= 15 is 0 Å². The average Bonchev–Trinajstić information content (AvgIpc) is 2.24. The molecule has 0 spiro atoms. The third-order valence-corrected chi connectivity index (χ3v) is 3.67. The second kappa shape index (κ2) is 6.39. The van der Waals surface area contributed by atoms with E-state index in [0.717, 1.165) is 25.7 Å². The predicted octanol–water partition coefficient (Wildman–Crippen LogP) is 2.95. The summed E-state index contributed by atoms with van der Waals surface area (Å²) in [6.07, 6.45) is 5.35. The molecule has 0 aliphatic heterocycles. The predicted molar refractivity (Wildman–Crippen MR) is 69.5 cm³/mol. The van der Waals surface area contributed by atoms with Crippen molar-refractivity contribution in [3.8, 4) is 0 Å². The second-order valence-electron chi connectivity index (χ2n) is 6.01. The van der Waals surface area contributed by atoms with Crippen LogP contribution in [0.25, 0.3) is 0 Å². The minimum absolute atomic E-state index is 0.00657. The molecular formula is C14H27NO2. The molecule has 3 heteroatoms. The van der Waals surface area contributed by atoms with Gasteiger partial charge in [-0.05, 0) is 38.1 Å². The highest BCUT2D eigenvalue weighted by molar-refractivity contribution is 5.77. The number of carbonyl (C=O) groups is 1. The van der Waals surface area contributed by atoms with E-state index in [-0.39, 0.29) is 11.4 Å². The van der Waals surface area contributed by atoms with Gasteiger partial charge in [0, 0.05) is 0 Å². The first-order valence-corrected chi connectivity index (χ1v) is 6.82. The normalized spacial score (nSPS) is 29.4. The lowest BCUT2D eigenvalue weighted by Gasteiger charge is -2.39. The van der Waals surface area contributed by atoms with E-state index in [2.05, 4.69) is 26.1 Å². The van der Waals surface area contributed by atoms with Gasteiger partial charge in [-0.15, -0.1) is 0 Å². The van der Waals surface area contributed by atoms with E-state index in [0.29, 0.717) is 18.6 Å². The standard InChI is InChI=1S/C14H27NO2/c1-11(2)8-14(13(16)17-10-15-4)7-5-6-12(3)9-14/h11-12,15H,5-10H2,1-4H3. The number of hydrogen-bond acceptors (Lipinski definition) is 3. The van der Waals surface area contributed by atoms with Gasteiger partial charge in [0.15, 0.2) is 0 Å². The molecule has 0 aromatic rings. The average molecular weight is 241 g/mol. The molecule has 0 aromatic carbocycles. The van der Waals surface area contributed by atoms with Crippen LogP contribution in [0.1, 0.15) is 52.9 Å². The lowest BCUT2D eigenvalue weighted by molar-refractivity contribution is -0.161. The van der Waals surface area contributed by atoms with Gasteiger partial charge < -0.3 is 4.74 Å². The molecule has 100 valence electrons. The van der Waals surface area contributed by atoms with Gasteiger partial charge >= 0.3 is 5.97 Å². The van der Waals surface area contributed by atoms with Crippen LogP contribution in [0, 0.1) is 17.3 Å². The molecule has 1 aliphatic rings. The van der Waals surface area contributed by atoms with Crippen LogP contribution in [0.4, 0.5) is 0 Å². The van der Waals surface area contributed by atoms with Gasteiger partial charge in [-0.1, -0.05) is 33.6 Å². The Morgan fingerprint density at radius 3 is 2.76 bits per heavy atom. The molecule has 1 aliphatic carbocycles. The summed E-state index contributed by atoms with van der Waals surface area (Å²) >= 11 is 0. The molecule has 0 heterocycles. The van der Waals surface area contributed by atoms with Gasteiger partial charge in [0.1, 0.15) is 6.73 Å². The topological polar surface area (TPSA) is 38.3 Å². The van der Waals surface area contributed by atoms with Gasteiger partial charge in [-0.2, -0.15) is 0 Å². The number of nitrogens with one attached hydrogen (secondary N) is 1. The SMILES string of the molecule is CNCOC(=O)C1(CC(C)C)CCCC(C)C1. The van der Waals surface area contributed by atoms with Crippen LogP contribution in [-0.2, 0) is 9.53 Å². The summed E-state index contributed by atoms with van der Waals surface area (Å²) in [6.45, 7) is 6.95.